The molecule has 1 aliphatic heterocycles. The van der Waals surface area contributed by atoms with Gasteiger partial charge in [-0.15, -0.1) is 0 Å². The zero-order valence-electron chi connectivity index (χ0n) is 12.8. The van der Waals surface area contributed by atoms with Crippen molar-refractivity contribution in [2.45, 2.75) is 18.9 Å². The highest BCUT2D eigenvalue weighted by Gasteiger charge is 2.32. The first-order valence-corrected chi connectivity index (χ1v) is 8.53. The van der Waals surface area contributed by atoms with Gasteiger partial charge in [0.25, 0.3) is 5.91 Å². The summed E-state index contributed by atoms with van der Waals surface area (Å²) in [7, 11) is 0. The molecule has 0 aliphatic carbocycles. The molecule has 2 aromatic rings. The van der Waals surface area contributed by atoms with Crippen LogP contribution in [-0.4, -0.2) is 44.4 Å². The summed E-state index contributed by atoms with van der Waals surface area (Å²) in [6, 6.07) is 5.91. The van der Waals surface area contributed by atoms with Crippen LogP contribution in [0.2, 0.25) is 0 Å². The van der Waals surface area contributed by atoms with Crippen molar-refractivity contribution in [2.75, 3.05) is 18.1 Å². The van der Waals surface area contributed by atoms with E-state index in [-0.39, 0.29) is 18.3 Å². The molecule has 0 spiro atoms. The van der Waals surface area contributed by atoms with Crippen molar-refractivity contribution in [2.24, 2.45) is 0 Å². The van der Waals surface area contributed by atoms with Gasteiger partial charge < -0.3 is 10.4 Å². The molecule has 1 atom stereocenters. The van der Waals surface area contributed by atoms with Gasteiger partial charge in [0, 0.05) is 12.3 Å². The van der Waals surface area contributed by atoms with Gasteiger partial charge in [0.05, 0.1) is 28.7 Å². The van der Waals surface area contributed by atoms with E-state index in [1.165, 1.54) is 18.3 Å². The Morgan fingerprint density at radius 2 is 2.22 bits per heavy atom. The maximum atomic E-state index is 13.0. The van der Waals surface area contributed by atoms with Gasteiger partial charge in [-0.05, 0) is 43.4 Å². The molecule has 5 nitrogen and oxygen atoms in total. The van der Waals surface area contributed by atoms with Gasteiger partial charge in [-0.2, -0.15) is 16.9 Å². The Bertz CT molecular complexity index is 709. The fourth-order valence-corrected chi connectivity index (χ4v) is 3.85. The van der Waals surface area contributed by atoms with Gasteiger partial charge in [0.2, 0.25) is 0 Å². The highest BCUT2D eigenvalue weighted by molar-refractivity contribution is 7.99. The number of hydrogen-bond acceptors (Lipinski definition) is 4. The second kappa shape index (κ2) is 6.33. The summed E-state index contributed by atoms with van der Waals surface area (Å²) in [6.07, 6.45) is 2.17. The van der Waals surface area contributed by atoms with Crippen LogP contribution in [0.1, 0.15) is 22.5 Å². The number of rotatable bonds is 4. The minimum absolute atomic E-state index is 0.236. The van der Waals surface area contributed by atoms with E-state index >= 15 is 0 Å². The van der Waals surface area contributed by atoms with Crippen LogP contribution in [0.15, 0.2) is 30.5 Å². The number of benzene rings is 1. The lowest BCUT2D eigenvalue weighted by Crippen LogP contribution is -2.43. The van der Waals surface area contributed by atoms with E-state index in [2.05, 4.69) is 10.4 Å². The molecule has 1 aliphatic rings. The largest absolute Gasteiger partial charge is 0.387 e. The molecule has 1 saturated heterocycles. The van der Waals surface area contributed by atoms with Crippen molar-refractivity contribution < 1.29 is 14.3 Å². The summed E-state index contributed by atoms with van der Waals surface area (Å²) in [5.41, 5.74) is 0.987. The molecule has 1 aromatic heterocycles. The van der Waals surface area contributed by atoms with Crippen LogP contribution < -0.4 is 5.32 Å². The first-order chi connectivity index (χ1) is 11.0. The zero-order valence-corrected chi connectivity index (χ0v) is 13.6. The van der Waals surface area contributed by atoms with Crippen molar-refractivity contribution in [3.05, 3.63) is 47.5 Å². The maximum absolute atomic E-state index is 13.0. The molecule has 23 heavy (non-hydrogen) atoms. The number of halogens is 1. The summed E-state index contributed by atoms with van der Waals surface area (Å²) < 4.78 is 14.6. The lowest BCUT2D eigenvalue weighted by atomic mass is 10.0. The predicted octanol–water partition coefficient (Wildman–Crippen LogP) is 1.92. The van der Waals surface area contributed by atoms with E-state index in [9.17, 15) is 14.3 Å². The number of hydrogen-bond donors (Lipinski definition) is 2. The number of amides is 1. The molecule has 7 heteroatoms. The predicted molar refractivity (Wildman–Crippen MR) is 87.5 cm³/mol. The molecular weight excluding hydrogens is 317 g/mol. The molecule has 1 aromatic carbocycles. The third-order valence-corrected chi connectivity index (χ3v) is 5.22. The average Bonchev–Trinajstić information content (AvgIpc) is 3.13. The molecule has 1 unspecified atom stereocenters. The van der Waals surface area contributed by atoms with Crippen molar-refractivity contribution in [3.63, 3.8) is 0 Å². The van der Waals surface area contributed by atoms with Crippen molar-refractivity contribution in [1.29, 1.82) is 0 Å². The molecule has 0 bridgehead atoms. The normalized spacial score (nSPS) is 20.7. The van der Waals surface area contributed by atoms with E-state index in [4.69, 9.17) is 0 Å². The van der Waals surface area contributed by atoms with Crippen molar-refractivity contribution in [3.8, 4) is 5.69 Å². The van der Waals surface area contributed by atoms with Crippen molar-refractivity contribution in [1.82, 2.24) is 15.1 Å². The summed E-state index contributed by atoms with van der Waals surface area (Å²) in [4.78, 5) is 12.3. The third kappa shape index (κ3) is 3.40. The van der Waals surface area contributed by atoms with E-state index in [1.54, 1.807) is 35.5 Å². The molecule has 0 radical (unpaired) electrons. The Morgan fingerprint density at radius 1 is 1.48 bits per heavy atom. The number of thioether (sulfide) groups is 1. The molecule has 1 fully saturated rings. The average molecular weight is 335 g/mol. The quantitative estimate of drug-likeness (QED) is 0.896. The first kappa shape index (κ1) is 16.0. The lowest BCUT2D eigenvalue weighted by Gasteiger charge is -2.21. The second-order valence-electron chi connectivity index (χ2n) is 5.74. The maximum Gasteiger partial charge on any atom is 0.254 e. The molecule has 0 saturated carbocycles. The first-order valence-electron chi connectivity index (χ1n) is 7.37. The van der Waals surface area contributed by atoms with Gasteiger partial charge in [0.15, 0.2) is 0 Å². The summed E-state index contributed by atoms with van der Waals surface area (Å²) >= 11 is 1.69. The molecule has 2 heterocycles. The number of aliphatic hydroxyl groups is 1. The van der Waals surface area contributed by atoms with Crippen LogP contribution in [0.5, 0.6) is 0 Å². The summed E-state index contributed by atoms with van der Waals surface area (Å²) in [5.74, 6) is 0.968. The van der Waals surface area contributed by atoms with Gasteiger partial charge in [-0.25, -0.2) is 9.07 Å². The SMILES string of the molecule is Cc1c(C(=O)NCC2(O)CCSC2)cnn1-c1ccc(F)cc1. The van der Waals surface area contributed by atoms with Gasteiger partial charge in [-0.3, -0.25) is 4.79 Å². The lowest BCUT2D eigenvalue weighted by molar-refractivity contribution is 0.0612. The topological polar surface area (TPSA) is 67.2 Å². The van der Waals surface area contributed by atoms with Crippen LogP contribution in [0.3, 0.4) is 0 Å². The highest BCUT2D eigenvalue weighted by atomic mass is 32.2. The fourth-order valence-electron chi connectivity index (χ4n) is 2.55. The number of nitrogens with one attached hydrogen (secondary N) is 1. The Balaban J connectivity index is 1.73. The van der Waals surface area contributed by atoms with Crippen LogP contribution in [0.25, 0.3) is 5.69 Å². The van der Waals surface area contributed by atoms with Crippen molar-refractivity contribution >= 4 is 17.7 Å². The Hall–Kier alpha value is -1.86. The van der Waals surface area contributed by atoms with Gasteiger partial charge in [0.1, 0.15) is 5.82 Å². The molecule has 122 valence electrons. The number of carbonyl (C=O) groups excluding carboxylic acids is 1. The van der Waals surface area contributed by atoms with Gasteiger partial charge in [-0.1, -0.05) is 0 Å². The van der Waals surface area contributed by atoms with E-state index < -0.39 is 5.60 Å². The monoisotopic (exact) mass is 335 g/mol. The standard InChI is InChI=1S/C16H18FN3O2S/c1-11-14(15(21)18-9-16(22)6-7-23-10-16)8-19-20(11)13-4-2-12(17)3-5-13/h2-5,8,22H,6-7,9-10H2,1H3,(H,18,21). The van der Waals surface area contributed by atoms with E-state index in [1.807, 2.05) is 0 Å². The number of nitrogens with zero attached hydrogens (tertiary/aromatic N) is 2. The Morgan fingerprint density at radius 3 is 2.87 bits per heavy atom. The third-order valence-electron chi connectivity index (χ3n) is 3.99. The molecule has 3 rings (SSSR count). The van der Waals surface area contributed by atoms with Crippen LogP contribution in [0, 0.1) is 12.7 Å². The summed E-state index contributed by atoms with van der Waals surface area (Å²) in [5, 5.41) is 17.3. The second-order valence-corrected chi connectivity index (χ2v) is 6.85. The van der Waals surface area contributed by atoms with Crippen LogP contribution in [0.4, 0.5) is 4.39 Å². The molecule has 1 amide bonds. The zero-order chi connectivity index (χ0) is 16.4. The van der Waals surface area contributed by atoms with Crippen LogP contribution >= 0.6 is 11.8 Å². The van der Waals surface area contributed by atoms with E-state index in [0.29, 0.717) is 29.1 Å². The Labute approximate surface area is 137 Å². The van der Waals surface area contributed by atoms with Gasteiger partial charge >= 0.3 is 0 Å². The smallest absolute Gasteiger partial charge is 0.254 e. The highest BCUT2D eigenvalue weighted by Crippen LogP contribution is 2.27. The molecule has 2 N–H and O–H groups in total. The summed E-state index contributed by atoms with van der Waals surface area (Å²) in [6.45, 7) is 2.02. The van der Waals surface area contributed by atoms with Crippen LogP contribution in [-0.2, 0) is 0 Å². The van der Waals surface area contributed by atoms with E-state index in [0.717, 1.165) is 5.75 Å². The Kier molecular flexibility index (Phi) is 4.41. The minimum Gasteiger partial charge on any atom is -0.387 e. The fraction of sp³-hybridized carbons (Fsp3) is 0.375. The number of aromatic nitrogens is 2. The minimum atomic E-state index is -0.818. The molecular formula is C16H18FN3O2S. The number of carbonyl (C=O) groups is 1.